The zero-order valence-electron chi connectivity index (χ0n) is 13.4. The number of nitro groups is 1. The highest BCUT2D eigenvalue weighted by Crippen LogP contribution is 2.22. The van der Waals surface area contributed by atoms with Gasteiger partial charge in [-0.15, -0.1) is 0 Å². The highest BCUT2D eigenvalue weighted by atomic mass is 16.6. The molecule has 24 heavy (non-hydrogen) atoms. The molecule has 0 bridgehead atoms. The van der Waals surface area contributed by atoms with Crippen LogP contribution in [0.2, 0.25) is 0 Å². The molecular formula is C18H19N3O3. The second-order valence-corrected chi connectivity index (χ2v) is 5.24. The number of amides is 1. The summed E-state index contributed by atoms with van der Waals surface area (Å²) in [7, 11) is 0. The monoisotopic (exact) mass is 325 g/mol. The molecule has 0 aromatic heterocycles. The average Bonchev–Trinajstić information content (AvgIpc) is 2.57. The lowest BCUT2D eigenvalue weighted by Crippen LogP contribution is -2.27. The molecule has 0 aliphatic heterocycles. The minimum Gasteiger partial charge on any atom is -0.378 e. The van der Waals surface area contributed by atoms with E-state index >= 15 is 0 Å². The van der Waals surface area contributed by atoms with Gasteiger partial charge in [0.15, 0.2) is 0 Å². The molecule has 124 valence electrons. The number of carbonyl (C=O) groups is 1. The van der Waals surface area contributed by atoms with Gasteiger partial charge in [0, 0.05) is 25.2 Å². The maximum atomic E-state index is 11.8. The quantitative estimate of drug-likeness (QED) is 0.354. The second-order valence-electron chi connectivity index (χ2n) is 5.24. The van der Waals surface area contributed by atoms with Gasteiger partial charge in [-0.25, -0.2) is 0 Å². The molecule has 0 aliphatic carbocycles. The Morgan fingerprint density at radius 2 is 1.96 bits per heavy atom. The number of nitrogens with zero attached hydrogens (tertiary/aromatic N) is 1. The molecule has 0 aliphatic rings. The van der Waals surface area contributed by atoms with Gasteiger partial charge in [0.2, 0.25) is 5.91 Å². The molecule has 2 aromatic carbocycles. The van der Waals surface area contributed by atoms with E-state index in [1.807, 2.05) is 31.2 Å². The molecule has 6 heteroatoms. The van der Waals surface area contributed by atoms with E-state index in [1.54, 1.807) is 24.3 Å². The van der Waals surface area contributed by atoms with Gasteiger partial charge in [-0.3, -0.25) is 14.9 Å². The number of aryl methyl sites for hydroxylation is 1. The number of anilines is 1. The van der Waals surface area contributed by atoms with Crippen LogP contribution in [0.4, 0.5) is 11.4 Å². The minimum absolute atomic E-state index is 0.0168. The van der Waals surface area contributed by atoms with Gasteiger partial charge in [0.1, 0.15) is 5.69 Å². The van der Waals surface area contributed by atoms with Crippen LogP contribution in [0.5, 0.6) is 0 Å². The van der Waals surface area contributed by atoms with Crippen LogP contribution in [-0.2, 0) is 4.79 Å². The van der Waals surface area contributed by atoms with Crippen molar-refractivity contribution in [3.63, 3.8) is 0 Å². The summed E-state index contributed by atoms with van der Waals surface area (Å²) >= 11 is 0. The average molecular weight is 325 g/mol. The predicted octanol–water partition coefficient (Wildman–Crippen LogP) is 3.14. The van der Waals surface area contributed by atoms with Crippen LogP contribution in [0.25, 0.3) is 6.08 Å². The maximum absolute atomic E-state index is 11.8. The van der Waals surface area contributed by atoms with Crippen LogP contribution in [0.1, 0.15) is 11.1 Å². The highest BCUT2D eigenvalue weighted by molar-refractivity contribution is 5.91. The Bertz CT molecular complexity index is 757. The lowest BCUT2D eigenvalue weighted by Gasteiger charge is -2.07. The Balaban J connectivity index is 1.78. The number of para-hydroxylation sites is 2. The third-order valence-corrected chi connectivity index (χ3v) is 3.31. The molecule has 2 N–H and O–H groups in total. The van der Waals surface area contributed by atoms with Gasteiger partial charge < -0.3 is 10.6 Å². The lowest BCUT2D eigenvalue weighted by molar-refractivity contribution is -0.384. The van der Waals surface area contributed by atoms with E-state index in [9.17, 15) is 14.9 Å². The summed E-state index contributed by atoms with van der Waals surface area (Å²) in [5.74, 6) is -0.208. The van der Waals surface area contributed by atoms with Gasteiger partial charge in [-0.2, -0.15) is 0 Å². The Hall–Kier alpha value is -3.15. The number of carbonyl (C=O) groups excluding carboxylic acids is 1. The zero-order chi connectivity index (χ0) is 17.4. The number of hydrogen-bond acceptors (Lipinski definition) is 4. The predicted molar refractivity (Wildman–Crippen MR) is 94.8 cm³/mol. The minimum atomic E-state index is -0.439. The van der Waals surface area contributed by atoms with E-state index in [4.69, 9.17) is 0 Å². The fourth-order valence-corrected chi connectivity index (χ4v) is 2.17. The Morgan fingerprint density at radius 1 is 1.17 bits per heavy atom. The normalized spacial score (nSPS) is 10.5. The van der Waals surface area contributed by atoms with E-state index in [0.29, 0.717) is 18.8 Å². The van der Waals surface area contributed by atoms with Crippen molar-refractivity contribution in [1.29, 1.82) is 0 Å². The van der Waals surface area contributed by atoms with Gasteiger partial charge >= 0.3 is 0 Å². The SMILES string of the molecule is Cc1cccc(/C=C/C(=O)NCCNc2ccccc2[N+](=O)[O-])c1. The van der Waals surface area contributed by atoms with Crippen LogP contribution in [0.15, 0.2) is 54.6 Å². The van der Waals surface area contributed by atoms with Crippen molar-refractivity contribution in [1.82, 2.24) is 5.32 Å². The summed E-state index contributed by atoms with van der Waals surface area (Å²) in [5, 5.41) is 16.6. The summed E-state index contributed by atoms with van der Waals surface area (Å²) in [6, 6.07) is 14.2. The molecule has 0 spiro atoms. The van der Waals surface area contributed by atoms with Gasteiger partial charge in [0.25, 0.3) is 5.69 Å². The van der Waals surface area contributed by atoms with Crippen molar-refractivity contribution in [2.75, 3.05) is 18.4 Å². The van der Waals surface area contributed by atoms with E-state index in [2.05, 4.69) is 10.6 Å². The summed E-state index contributed by atoms with van der Waals surface area (Å²) in [6.45, 7) is 2.75. The van der Waals surface area contributed by atoms with E-state index in [0.717, 1.165) is 11.1 Å². The number of nitrogens with one attached hydrogen (secondary N) is 2. The molecule has 6 nitrogen and oxygen atoms in total. The molecule has 0 fully saturated rings. The lowest BCUT2D eigenvalue weighted by atomic mass is 10.1. The molecule has 0 saturated carbocycles. The fourth-order valence-electron chi connectivity index (χ4n) is 2.17. The van der Waals surface area contributed by atoms with Crippen molar-refractivity contribution < 1.29 is 9.72 Å². The summed E-state index contributed by atoms with van der Waals surface area (Å²) in [4.78, 5) is 22.2. The first kappa shape index (κ1) is 17.2. The van der Waals surface area contributed by atoms with Crippen LogP contribution < -0.4 is 10.6 Å². The first-order chi connectivity index (χ1) is 11.6. The van der Waals surface area contributed by atoms with Gasteiger partial charge in [0.05, 0.1) is 4.92 Å². The molecule has 2 aromatic rings. The largest absolute Gasteiger partial charge is 0.378 e. The van der Waals surface area contributed by atoms with Crippen molar-refractivity contribution in [2.45, 2.75) is 6.92 Å². The summed E-state index contributed by atoms with van der Waals surface area (Å²) < 4.78 is 0. The molecule has 0 atom stereocenters. The third kappa shape index (κ3) is 5.24. The molecule has 1 amide bonds. The molecule has 0 unspecified atom stereocenters. The van der Waals surface area contributed by atoms with Crippen LogP contribution in [0.3, 0.4) is 0 Å². The first-order valence-electron chi connectivity index (χ1n) is 7.56. The standard InChI is InChI=1S/C18H19N3O3/c1-14-5-4-6-15(13-14)9-10-18(22)20-12-11-19-16-7-2-3-8-17(16)21(23)24/h2-10,13,19H,11-12H2,1H3,(H,20,22)/b10-9+. The Labute approximate surface area is 140 Å². The van der Waals surface area contributed by atoms with Crippen molar-refractivity contribution >= 4 is 23.4 Å². The van der Waals surface area contributed by atoms with Crippen LogP contribution in [-0.4, -0.2) is 23.9 Å². The summed E-state index contributed by atoms with van der Waals surface area (Å²) in [5.41, 5.74) is 2.55. The van der Waals surface area contributed by atoms with Crippen molar-refractivity contribution in [3.8, 4) is 0 Å². The number of rotatable bonds is 7. The molecule has 0 heterocycles. The smallest absolute Gasteiger partial charge is 0.292 e. The number of benzene rings is 2. The van der Waals surface area contributed by atoms with Crippen molar-refractivity contribution in [2.24, 2.45) is 0 Å². The van der Waals surface area contributed by atoms with Crippen LogP contribution >= 0.6 is 0 Å². The molecule has 0 saturated heterocycles. The van der Waals surface area contributed by atoms with Crippen molar-refractivity contribution in [3.05, 3.63) is 75.8 Å². The topological polar surface area (TPSA) is 84.3 Å². The fraction of sp³-hybridized carbons (Fsp3) is 0.167. The Kier molecular flexibility index (Phi) is 6.08. The van der Waals surface area contributed by atoms with Crippen LogP contribution in [0, 0.1) is 17.0 Å². The number of hydrogen-bond donors (Lipinski definition) is 2. The Morgan fingerprint density at radius 3 is 2.71 bits per heavy atom. The second kappa shape index (κ2) is 8.47. The highest BCUT2D eigenvalue weighted by Gasteiger charge is 2.11. The first-order valence-corrected chi connectivity index (χ1v) is 7.56. The zero-order valence-corrected chi connectivity index (χ0v) is 13.4. The maximum Gasteiger partial charge on any atom is 0.292 e. The van der Waals surface area contributed by atoms with Gasteiger partial charge in [-0.05, 0) is 24.6 Å². The van der Waals surface area contributed by atoms with E-state index in [-0.39, 0.29) is 11.6 Å². The van der Waals surface area contributed by atoms with Gasteiger partial charge in [-0.1, -0.05) is 42.0 Å². The van der Waals surface area contributed by atoms with E-state index in [1.165, 1.54) is 12.1 Å². The summed E-state index contributed by atoms with van der Waals surface area (Å²) in [6.07, 6.45) is 3.22. The third-order valence-electron chi connectivity index (χ3n) is 3.31. The molecule has 0 radical (unpaired) electrons. The molecular weight excluding hydrogens is 306 g/mol. The number of nitro benzene ring substituents is 1. The van der Waals surface area contributed by atoms with E-state index < -0.39 is 4.92 Å². The molecule has 2 rings (SSSR count).